The third-order valence-corrected chi connectivity index (χ3v) is 3.90. The van der Waals surface area contributed by atoms with Gasteiger partial charge >= 0.3 is 0 Å². The van der Waals surface area contributed by atoms with Crippen LogP contribution in [0.3, 0.4) is 0 Å². The van der Waals surface area contributed by atoms with E-state index < -0.39 is 0 Å². The van der Waals surface area contributed by atoms with Crippen LogP contribution in [0.15, 0.2) is 39.5 Å². The van der Waals surface area contributed by atoms with Crippen LogP contribution in [0.1, 0.15) is 11.4 Å². The van der Waals surface area contributed by atoms with E-state index in [9.17, 15) is 0 Å². The van der Waals surface area contributed by atoms with Gasteiger partial charge in [0.2, 0.25) is 0 Å². The summed E-state index contributed by atoms with van der Waals surface area (Å²) in [4.78, 5) is 9.21. The zero-order valence-electron chi connectivity index (χ0n) is 10.3. The van der Waals surface area contributed by atoms with E-state index in [1.165, 1.54) is 11.8 Å². The van der Waals surface area contributed by atoms with Gasteiger partial charge in [0.25, 0.3) is 0 Å². The van der Waals surface area contributed by atoms with Crippen molar-refractivity contribution in [1.82, 2.24) is 9.97 Å². The number of nitrogens with two attached hydrogens (primary N) is 1. The molecule has 0 spiro atoms. The van der Waals surface area contributed by atoms with E-state index in [1.807, 2.05) is 0 Å². The molecule has 0 unspecified atom stereocenters. The van der Waals surface area contributed by atoms with Crippen LogP contribution in [0.4, 0.5) is 0 Å². The van der Waals surface area contributed by atoms with Crippen LogP contribution in [-0.2, 0) is 0 Å². The van der Waals surface area contributed by atoms with Crippen LogP contribution >= 0.6 is 35.0 Å². The molecule has 0 fully saturated rings. The molecule has 1 aromatic heterocycles. The first-order chi connectivity index (χ1) is 9.49. The number of nitrogens with zero attached hydrogens (tertiary/aromatic N) is 3. The molecule has 0 saturated carbocycles. The number of rotatable bonds is 3. The van der Waals surface area contributed by atoms with Crippen LogP contribution in [-0.4, -0.2) is 21.0 Å². The predicted molar refractivity (Wildman–Crippen MR) is 79.9 cm³/mol. The molecule has 104 valence electrons. The van der Waals surface area contributed by atoms with Gasteiger partial charge in [-0.1, -0.05) is 28.4 Å². The number of halogens is 2. The highest BCUT2D eigenvalue weighted by molar-refractivity contribution is 7.99. The molecule has 8 heteroatoms. The average Bonchev–Trinajstić information content (AvgIpc) is 2.41. The summed E-state index contributed by atoms with van der Waals surface area (Å²) in [5, 5.41) is 13.2. The molecule has 2 rings (SSSR count). The molecule has 1 heterocycles. The molecule has 0 aliphatic heterocycles. The van der Waals surface area contributed by atoms with Crippen molar-refractivity contribution in [3.05, 3.63) is 45.7 Å². The zero-order valence-corrected chi connectivity index (χ0v) is 12.7. The predicted octanol–water partition coefficient (Wildman–Crippen LogP) is 3.34. The van der Waals surface area contributed by atoms with Crippen molar-refractivity contribution < 1.29 is 5.21 Å². The fourth-order valence-corrected chi connectivity index (χ4v) is 2.77. The summed E-state index contributed by atoms with van der Waals surface area (Å²) in [7, 11) is 0. The first-order valence-electron chi connectivity index (χ1n) is 5.46. The molecule has 5 nitrogen and oxygen atoms in total. The number of hydrogen-bond donors (Lipinski definition) is 2. The van der Waals surface area contributed by atoms with Gasteiger partial charge in [0.1, 0.15) is 5.69 Å². The minimum absolute atomic E-state index is 0.0745. The maximum absolute atomic E-state index is 8.70. The molecular formula is C12H10Cl2N4OS. The molecule has 3 N–H and O–H groups in total. The lowest BCUT2D eigenvalue weighted by Crippen LogP contribution is -2.16. The number of aryl methyl sites for hydroxylation is 1. The van der Waals surface area contributed by atoms with Crippen LogP contribution in [0.25, 0.3) is 0 Å². The first-order valence-corrected chi connectivity index (χ1v) is 7.03. The van der Waals surface area contributed by atoms with E-state index in [4.69, 9.17) is 34.1 Å². The van der Waals surface area contributed by atoms with Crippen molar-refractivity contribution in [3.8, 4) is 0 Å². The lowest BCUT2D eigenvalue weighted by atomic mass is 10.3. The van der Waals surface area contributed by atoms with Crippen molar-refractivity contribution in [2.75, 3.05) is 0 Å². The fourth-order valence-electron chi connectivity index (χ4n) is 1.42. The molecule has 0 radical (unpaired) electrons. The SMILES string of the molecule is Cc1cc(/C(N)=N/O)nc(Sc2cc(Cl)ccc2Cl)n1. The van der Waals surface area contributed by atoms with Crippen molar-refractivity contribution in [2.24, 2.45) is 10.9 Å². The van der Waals surface area contributed by atoms with Gasteiger partial charge in [0, 0.05) is 15.6 Å². The Morgan fingerprint density at radius 3 is 2.75 bits per heavy atom. The second kappa shape index (κ2) is 6.30. The van der Waals surface area contributed by atoms with Crippen molar-refractivity contribution >= 4 is 40.8 Å². The second-order valence-corrected chi connectivity index (χ2v) is 5.69. The van der Waals surface area contributed by atoms with Gasteiger partial charge in [-0.2, -0.15) is 0 Å². The van der Waals surface area contributed by atoms with Crippen LogP contribution in [0, 0.1) is 6.92 Å². The van der Waals surface area contributed by atoms with Crippen LogP contribution in [0.2, 0.25) is 10.0 Å². The standard InChI is InChI=1S/C12H10Cl2N4OS/c1-6-4-9(11(15)18-19)17-12(16-6)20-10-5-7(13)2-3-8(10)14/h2-5,19H,1H3,(H2,15,18). The first kappa shape index (κ1) is 14.9. The maximum Gasteiger partial charge on any atom is 0.193 e. The summed E-state index contributed by atoms with van der Waals surface area (Å²) < 4.78 is 0. The number of amidine groups is 1. The van der Waals surface area contributed by atoms with Crippen LogP contribution in [0.5, 0.6) is 0 Å². The molecule has 2 aromatic rings. The molecule has 0 amide bonds. The third-order valence-electron chi connectivity index (χ3n) is 2.30. The quantitative estimate of drug-likeness (QED) is 0.297. The number of aromatic nitrogens is 2. The van der Waals surface area contributed by atoms with E-state index >= 15 is 0 Å². The smallest absolute Gasteiger partial charge is 0.193 e. The monoisotopic (exact) mass is 328 g/mol. The Kier molecular flexibility index (Phi) is 4.69. The summed E-state index contributed by atoms with van der Waals surface area (Å²) in [6.07, 6.45) is 0. The fraction of sp³-hybridized carbons (Fsp3) is 0.0833. The molecule has 0 atom stereocenters. The van der Waals surface area contributed by atoms with Gasteiger partial charge in [0.05, 0.1) is 5.02 Å². The topological polar surface area (TPSA) is 84.4 Å². The maximum atomic E-state index is 8.70. The Bertz CT molecular complexity index is 679. The molecule has 0 saturated heterocycles. The Balaban J connectivity index is 2.38. The largest absolute Gasteiger partial charge is 0.409 e. The zero-order chi connectivity index (χ0) is 14.7. The minimum atomic E-state index is -0.0745. The molecule has 1 aromatic carbocycles. The molecule has 0 aliphatic rings. The lowest BCUT2D eigenvalue weighted by molar-refractivity contribution is 0.318. The highest BCUT2D eigenvalue weighted by Gasteiger charge is 2.10. The van der Waals surface area contributed by atoms with Gasteiger partial charge in [-0.3, -0.25) is 0 Å². The van der Waals surface area contributed by atoms with Gasteiger partial charge in [-0.05, 0) is 43.0 Å². The second-order valence-electron chi connectivity index (χ2n) is 3.84. The third kappa shape index (κ3) is 3.53. The molecule has 0 aliphatic carbocycles. The molecular weight excluding hydrogens is 319 g/mol. The number of hydrogen-bond acceptors (Lipinski definition) is 5. The van der Waals surface area contributed by atoms with Crippen molar-refractivity contribution in [3.63, 3.8) is 0 Å². The van der Waals surface area contributed by atoms with Gasteiger partial charge in [0.15, 0.2) is 11.0 Å². The van der Waals surface area contributed by atoms with Crippen LogP contribution < -0.4 is 5.73 Å². The molecule has 20 heavy (non-hydrogen) atoms. The minimum Gasteiger partial charge on any atom is -0.409 e. The average molecular weight is 329 g/mol. The molecule has 0 bridgehead atoms. The van der Waals surface area contributed by atoms with Gasteiger partial charge in [-0.15, -0.1) is 0 Å². The summed E-state index contributed by atoms with van der Waals surface area (Å²) in [6, 6.07) is 6.75. The lowest BCUT2D eigenvalue weighted by Gasteiger charge is -2.06. The van der Waals surface area contributed by atoms with E-state index in [1.54, 1.807) is 31.2 Å². The summed E-state index contributed by atoms with van der Waals surface area (Å²) in [6.45, 7) is 1.79. The van der Waals surface area contributed by atoms with E-state index in [-0.39, 0.29) is 5.84 Å². The number of benzene rings is 1. The van der Waals surface area contributed by atoms with Crippen molar-refractivity contribution in [2.45, 2.75) is 17.0 Å². The van der Waals surface area contributed by atoms with Gasteiger partial charge in [-0.25, -0.2) is 9.97 Å². The Labute approximate surface area is 129 Å². The summed E-state index contributed by atoms with van der Waals surface area (Å²) in [5.74, 6) is -0.0745. The van der Waals surface area contributed by atoms with E-state index in [2.05, 4.69) is 15.1 Å². The Morgan fingerprint density at radius 1 is 1.30 bits per heavy atom. The summed E-state index contributed by atoms with van der Waals surface area (Å²) in [5.41, 5.74) is 6.58. The van der Waals surface area contributed by atoms with E-state index in [0.717, 1.165) is 4.90 Å². The van der Waals surface area contributed by atoms with E-state index in [0.29, 0.717) is 26.6 Å². The normalized spacial score (nSPS) is 11.7. The highest BCUT2D eigenvalue weighted by Crippen LogP contribution is 2.33. The summed E-state index contributed by atoms with van der Waals surface area (Å²) >= 11 is 13.3. The Morgan fingerprint density at radius 2 is 2.05 bits per heavy atom. The van der Waals surface area contributed by atoms with Crippen molar-refractivity contribution in [1.29, 1.82) is 0 Å². The van der Waals surface area contributed by atoms with Gasteiger partial charge < -0.3 is 10.9 Å². The number of oxime groups is 1. The highest BCUT2D eigenvalue weighted by atomic mass is 35.5. The Hall–Kier alpha value is -1.50.